The molecule has 0 bridgehead atoms. The van der Waals surface area contributed by atoms with Crippen LogP contribution >= 0.6 is 0 Å². The van der Waals surface area contributed by atoms with E-state index in [1.54, 1.807) is 0 Å². The number of carbonyl (C=O) groups is 1. The summed E-state index contributed by atoms with van der Waals surface area (Å²) in [4.78, 5) is 13.1. The monoisotopic (exact) mass is 1000 g/mol. The van der Waals surface area contributed by atoms with Crippen LogP contribution in [0.5, 0.6) is 0 Å². The zero-order chi connectivity index (χ0) is 50.9. The van der Waals surface area contributed by atoms with Crippen molar-refractivity contribution in [1.82, 2.24) is 0 Å². The summed E-state index contributed by atoms with van der Waals surface area (Å²) in [5.41, 5.74) is 0. The van der Waals surface area contributed by atoms with Crippen molar-refractivity contribution in [2.24, 2.45) is 0 Å². The van der Waals surface area contributed by atoms with Crippen LogP contribution in [0.3, 0.4) is 0 Å². The molecule has 70 heavy (non-hydrogen) atoms. The van der Waals surface area contributed by atoms with Crippen LogP contribution < -0.4 is 0 Å². The zero-order valence-electron chi connectivity index (χ0n) is 44.0. The first-order valence-corrected chi connectivity index (χ1v) is 28.4. The number of hydrogen-bond acceptors (Lipinski definition) is 14. The van der Waals surface area contributed by atoms with E-state index in [1.807, 2.05) is 0 Å². The molecule has 0 aromatic carbocycles. The molecule has 2 fully saturated rings. The van der Waals surface area contributed by atoms with Gasteiger partial charge in [0.05, 0.1) is 26.4 Å². The maximum absolute atomic E-state index is 13.1. The second-order valence-electron chi connectivity index (χ2n) is 20.1. The number of ether oxygens (including phenoxy) is 6. The number of carbonyl (C=O) groups excluding carboxylic acids is 1. The third kappa shape index (κ3) is 30.6. The van der Waals surface area contributed by atoms with E-state index in [1.165, 1.54) is 154 Å². The molecule has 2 rings (SSSR count). The fraction of sp³-hybridized carbons (Fsp3) is 0.911. The number of aliphatic hydroxyl groups excluding tert-OH is 7. The van der Waals surface area contributed by atoms with Crippen molar-refractivity contribution in [2.45, 2.75) is 293 Å². The summed E-state index contributed by atoms with van der Waals surface area (Å²) >= 11 is 0. The predicted octanol–water partition coefficient (Wildman–Crippen LogP) is 9.58. The summed E-state index contributed by atoms with van der Waals surface area (Å²) in [7, 11) is 0. The fourth-order valence-corrected chi connectivity index (χ4v) is 9.04. The molecule has 2 heterocycles. The largest absolute Gasteiger partial charge is 0.457 e. The van der Waals surface area contributed by atoms with Gasteiger partial charge in [0.2, 0.25) is 0 Å². The summed E-state index contributed by atoms with van der Waals surface area (Å²) in [6, 6.07) is 0. The molecule has 11 atom stereocenters. The Morgan fingerprint density at radius 2 is 0.843 bits per heavy atom. The third-order valence-corrected chi connectivity index (χ3v) is 13.7. The lowest BCUT2D eigenvalue weighted by Crippen LogP contribution is -2.61. The highest BCUT2D eigenvalue weighted by atomic mass is 16.7. The molecule has 412 valence electrons. The summed E-state index contributed by atoms with van der Waals surface area (Å²) in [5.74, 6) is -0.379. The van der Waals surface area contributed by atoms with Gasteiger partial charge in [-0.3, -0.25) is 4.79 Å². The van der Waals surface area contributed by atoms with Gasteiger partial charge in [-0.25, -0.2) is 0 Å². The van der Waals surface area contributed by atoms with Gasteiger partial charge >= 0.3 is 5.97 Å². The van der Waals surface area contributed by atoms with Crippen LogP contribution in [0.2, 0.25) is 0 Å². The van der Waals surface area contributed by atoms with Gasteiger partial charge in [0, 0.05) is 13.0 Å². The van der Waals surface area contributed by atoms with Gasteiger partial charge in [0.25, 0.3) is 0 Å². The summed E-state index contributed by atoms with van der Waals surface area (Å²) < 4.78 is 34.4. The molecule has 0 radical (unpaired) electrons. The smallest absolute Gasteiger partial charge is 0.306 e. The first-order chi connectivity index (χ1) is 34.1. The van der Waals surface area contributed by atoms with Crippen molar-refractivity contribution in [2.75, 3.05) is 33.0 Å². The topological polar surface area (TPSA) is 214 Å². The minimum atomic E-state index is -1.71. The molecule has 0 aromatic heterocycles. The Hall–Kier alpha value is -1.53. The highest BCUT2D eigenvalue weighted by Gasteiger charge is 2.47. The molecular formula is C56H104O14. The Labute approximate surface area is 424 Å². The highest BCUT2D eigenvalue weighted by Crippen LogP contribution is 2.27. The molecule has 2 aliphatic rings. The van der Waals surface area contributed by atoms with Crippen molar-refractivity contribution in [3.8, 4) is 0 Å². The van der Waals surface area contributed by atoms with Crippen LogP contribution in [-0.4, -0.2) is 142 Å². The Balaban J connectivity index is 1.73. The first-order valence-electron chi connectivity index (χ1n) is 28.4. The zero-order valence-corrected chi connectivity index (χ0v) is 44.0. The van der Waals surface area contributed by atoms with E-state index in [2.05, 4.69) is 38.2 Å². The Bertz CT molecular complexity index is 1250. The van der Waals surface area contributed by atoms with Crippen molar-refractivity contribution in [3.63, 3.8) is 0 Å². The number of esters is 1. The quantitative estimate of drug-likeness (QED) is 0.0172. The Morgan fingerprint density at radius 1 is 0.457 bits per heavy atom. The van der Waals surface area contributed by atoms with Gasteiger partial charge in [-0.15, -0.1) is 0 Å². The van der Waals surface area contributed by atoms with E-state index < -0.39 is 80.7 Å². The lowest BCUT2D eigenvalue weighted by molar-refractivity contribution is -0.332. The van der Waals surface area contributed by atoms with Gasteiger partial charge in [-0.05, 0) is 64.2 Å². The normalized spacial score (nSPS) is 25.6. The second kappa shape index (κ2) is 43.8. The van der Waals surface area contributed by atoms with E-state index in [-0.39, 0.29) is 25.6 Å². The van der Waals surface area contributed by atoms with Crippen LogP contribution in [0.15, 0.2) is 24.3 Å². The molecule has 14 nitrogen and oxygen atoms in total. The highest BCUT2D eigenvalue weighted by molar-refractivity contribution is 5.69. The maximum atomic E-state index is 13.1. The standard InChI is InChI=1S/C56H104O14/c1-3-5-7-9-11-13-15-17-19-21-23-25-27-29-31-33-35-37-39-48(58)68-45(42-65-40-38-36-34-32-30-28-26-24-22-20-18-16-14-12-10-8-6-4-2)43-66-55-54(64)52(62)50(60)47(70-55)44-67-56-53(63)51(61)49(59)46(41-57)69-56/h18-21,45-47,49-57,59-64H,3-17,22-44H2,1-2H3/b20-18-,21-19-. The number of hydrogen-bond donors (Lipinski definition) is 7. The average molecular weight is 1000 g/mol. The number of allylic oxidation sites excluding steroid dienone is 4. The summed E-state index contributed by atoms with van der Waals surface area (Å²) in [6.07, 6.45) is 32.3. The van der Waals surface area contributed by atoms with Crippen LogP contribution in [0.25, 0.3) is 0 Å². The van der Waals surface area contributed by atoms with Crippen molar-refractivity contribution in [1.29, 1.82) is 0 Å². The van der Waals surface area contributed by atoms with Crippen LogP contribution in [0.4, 0.5) is 0 Å². The Morgan fingerprint density at radius 3 is 1.30 bits per heavy atom. The fourth-order valence-electron chi connectivity index (χ4n) is 9.04. The molecule has 0 aromatic rings. The molecule has 0 spiro atoms. The molecule has 7 N–H and O–H groups in total. The van der Waals surface area contributed by atoms with Crippen molar-refractivity contribution in [3.05, 3.63) is 24.3 Å². The van der Waals surface area contributed by atoms with Gasteiger partial charge in [0.15, 0.2) is 12.6 Å². The van der Waals surface area contributed by atoms with Crippen LogP contribution in [-0.2, 0) is 33.2 Å². The lowest BCUT2D eigenvalue weighted by Gasteiger charge is -2.42. The minimum absolute atomic E-state index is 0.0606. The summed E-state index contributed by atoms with van der Waals surface area (Å²) in [5, 5.41) is 72.3. The molecule has 2 saturated heterocycles. The van der Waals surface area contributed by atoms with Crippen LogP contribution in [0.1, 0.15) is 226 Å². The number of aliphatic hydroxyl groups is 7. The van der Waals surface area contributed by atoms with E-state index in [9.17, 15) is 40.5 Å². The van der Waals surface area contributed by atoms with Gasteiger partial charge in [-0.1, -0.05) is 179 Å². The third-order valence-electron chi connectivity index (χ3n) is 13.7. The van der Waals surface area contributed by atoms with Crippen LogP contribution in [0, 0.1) is 0 Å². The molecule has 11 unspecified atom stereocenters. The molecule has 0 aliphatic carbocycles. The van der Waals surface area contributed by atoms with Gasteiger partial charge in [-0.2, -0.15) is 0 Å². The first kappa shape index (κ1) is 64.6. The Kier molecular flexibility index (Phi) is 40.4. The molecule has 0 amide bonds. The van der Waals surface area contributed by atoms with Gasteiger partial charge in [0.1, 0.15) is 54.9 Å². The average Bonchev–Trinajstić information content (AvgIpc) is 3.36. The number of rotatable bonds is 46. The second-order valence-corrected chi connectivity index (χ2v) is 20.1. The summed E-state index contributed by atoms with van der Waals surface area (Å²) in [6.45, 7) is 3.70. The van der Waals surface area contributed by atoms with E-state index >= 15 is 0 Å². The lowest BCUT2D eigenvalue weighted by atomic mass is 9.98. The minimum Gasteiger partial charge on any atom is -0.457 e. The van der Waals surface area contributed by atoms with E-state index in [4.69, 9.17) is 28.4 Å². The van der Waals surface area contributed by atoms with Crippen molar-refractivity contribution < 1.29 is 69.0 Å². The van der Waals surface area contributed by atoms with E-state index in [0.29, 0.717) is 13.0 Å². The molecule has 0 saturated carbocycles. The predicted molar refractivity (Wildman–Crippen MR) is 275 cm³/mol. The van der Waals surface area contributed by atoms with Gasteiger partial charge < -0.3 is 64.2 Å². The van der Waals surface area contributed by atoms with E-state index in [0.717, 1.165) is 44.9 Å². The molecule has 2 aliphatic heterocycles. The molecule has 14 heteroatoms. The molecular weight excluding hydrogens is 897 g/mol. The maximum Gasteiger partial charge on any atom is 0.306 e. The van der Waals surface area contributed by atoms with Crippen molar-refractivity contribution >= 4 is 5.97 Å². The SMILES string of the molecule is CCCCCCCC/C=C\CCCCCCCCCCOCC(COC1OC(COC2OC(CO)C(O)C(O)C2O)C(O)C(O)C1O)OC(=O)CCCCCCCCC/C=C\CCCCCCCCC. The number of unbranched alkanes of at least 4 members (excludes halogenated alkanes) is 28.